The summed E-state index contributed by atoms with van der Waals surface area (Å²) in [5.74, 6) is 0. The molecule has 57 valence electrons. The summed E-state index contributed by atoms with van der Waals surface area (Å²) in [6.45, 7) is 7.05. The van der Waals surface area contributed by atoms with Crippen molar-refractivity contribution in [1.82, 2.24) is 0 Å². The van der Waals surface area contributed by atoms with Gasteiger partial charge in [0.25, 0.3) is 0 Å². The summed E-state index contributed by atoms with van der Waals surface area (Å²) in [7, 11) is 0. The zero-order chi connectivity index (χ0) is 7.66. The second kappa shape index (κ2) is 8.44. The van der Waals surface area contributed by atoms with Gasteiger partial charge in [-0.25, -0.2) is 0 Å². The van der Waals surface area contributed by atoms with Gasteiger partial charge in [0.05, 0.1) is 13.2 Å². The van der Waals surface area contributed by atoms with Crippen LogP contribution < -0.4 is 0 Å². The van der Waals surface area contributed by atoms with Crippen molar-refractivity contribution in [2.45, 2.75) is 13.3 Å². The highest BCUT2D eigenvalue weighted by Crippen LogP contribution is 1.81. The van der Waals surface area contributed by atoms with Crippen LogP contribution in [0.2, 0.25) is 0 Å². The largest absolute Gasteiger partial charge is 0.373 e. The van der Waals surface area contributed by atoms with E-state index in [1.807, 2.05) is 31.2 Å². The minimum atomic E-state index is 0.694. The van der Waals surface area contributed by atoms with Gasteiger partial charge in [0.1, 0.15) is 0 Å². The number of hydrogen-bond acceptors (Lipinski definition) is 1. The van der Waals surface area contributed by atoms with Gasteiger partial charge in [0.2, 0.25) is 0 Å². The first kappa shape index (κ1) is 9.44. The molecular weight excluding hydrogens is 124 g/mol. The van der Waals surface area contributed by atoms with Gasteiger partial charge in [-0.15, -0.1) is 0 Å². The average molecular weight is 139 g/mol. The first-order chi connectivity index (χ1) is 4.91. The Bertz CT molecular complexity index is 103. The Labute approximate surface area is 63.4 Å². The first-order valence-electron chi connectivity index (χ1n) is 3.55. The number of allylic oxidation sites excluding steroid dienone is 2. The second-order valence-corrected chi connectivity index (χ2v) is 1.87. The van der Waals surface area contributed by atoms with Crippen LogP contribution in [0, 0.1) is 6.92 Å². The van der Waals surface area contributed by atoms with E-state index >= 15 is 0 Å². The summed E-state index contributed by atoms with van der Waals surface area (Å²) in [6, 6.07) is 0. The lowest BCUT2D eigenvalue weighted by molar-refractivity contribution is 0.193. The summed E-state index contributed by atoms with van der Waals surface area (Å²) in [5, 5.41) is 0. The summed E-state index contributed by atoms with van der Waals surface area (Å²) in [4.78, 5) is 0. The maximum Gasteiger partial charge on any atom is 0.0651 e. The van der Waals surface area contributed by atoms with Crippen LogP contribution in [0.25, 0.3) is 0 Å². The Kier molecular flexibility index (Phi) is 7.97. The number of hydrogen-bond donors (Lipinski definition) is 0. The molecule has 0 aliphatic rings. The summed E-state index contributed by atoms with van der Waals surface area (Å²) < 4.78 is 5.17. The fourth-order valence-electron chi connectivity index (χ4n) is 0.486. The fourth-order valence-corrected chi connectivity index (χ4v) is 0.486. The van der Waals surface area contributed by atoms with Crippen molar-refractivity contribution in [3.63, 3.8) is 0 Å². The van der Waals surface area contributed by atoms with Crippen molar-refractivity contribution in [2.75, 3.05) is 13.2 Å². The van der Waals surface area contributed by atoms with Crippen molar-refractivity contribution in [3.8, 4) is 0 Å². The molecule has 0 aromatic rings. The molecule has 0 fully saturated rings. The molecular formula is C9H15O. The zero-order valence-corrected chi connectivity index (χ0v) is 6.55. The Hall–Kier alpha value is -0.560. The van der Waals surface area contributed by atoms with Crippen molar-refractivity contribution in [3.05, 3.63) is 31.2 Å². The molecule has 1 radical (unpaired) electrons. The fraction of sp³-hybridized carbons (Fsp3) is 0.444. The third-order valence-electron chi connectivity index (χ3n) is 0.997. The normalized spacial score (nSPS) is 11.8. The summed E-state index contributed by atoms with van der Waals surface area (Å²) in [6.07, 6.45) is 8.78. The minimum Gasteiger partial charge on any atom is -0.373 e. The highest BCUT2D eigenvalue weighted by molar-refractivity contribution is 4.83. The van der Waals surface area contributed by atoms with E-state index in [0.29, 0.717) is 13.2 Å². The van der Waals surface area contributed by atoms with Crippen LogP contribution in [0.4, 0.5) is 0 Å². The van der Waals surface area contributed by atoms with Gasteiger partial charge in [-0.1, -0.05) is 24.3 Å². The molecule has 0 aromatic carbocycles. The van der Waals surface area contributed by atoms with Gasteiger partial charge in [-0.05, 0) is 20.3 Å². The standard InChI is InChI=1S/C9H15O/c1-3-5-7-9-10-8-6-4-2/h4-7H,1,3,8-9H2,2H3/b6-4+,7-5+. The maximum absolute atomic E-state index is 5.17. The van der Waals surface area contributed by atoms with Crippen LogP contribution in [0.1, 0.15) is 13.3 Å². The molecule has 1 nitrogen and oxygen atoms in total. The van der Waals surface area contributed by atoms with Crippen LogP contribution in [-0.4, -0.2) is 13.2 Å². The molecule has 0 saturated heterocycles. The van der Waals surface area contributed by atoms with Gasteiger partial charge < -0.3 is 4.74 Å². The molecule has 0 bridgehead atoms. The lowest BCUT2D eigenvalue weighted by atomic mass is 10.4. The molecule has 1 heteroatoms. The predicted octanol–water partition coefficient (Wildman–Crippen LogP) is 2.36. The van der Waals surface area contributed by atoms with Gasteiger partial charge in [-0.2, -0.15) is 0 Å². The second-order valence-electron chi connectivity index (χ2n) is 1.87. The lowest BCUT2D eigenvalue weighted by Gasteiger charge is -1.92. The van der Waals surface area contributed by atoms with Gasteiger partial charge in [-0.3, -0.25) is 0 Å². The van der Waals surface area contributed by atoms with Gasteiger partial charge >= 0.3 is 0 Å². The third-order valence-corrected chi connectivity index (χ3v) is 0.997. The highest BCUT2D eigenvalue weighted by atomic mass is 16.5. The SMILES string of the molecule is [CH2]C/C=C/COC/C=C/C. The van der Waals surface area contributed by atoms with Crippen molar-refractivity contribution in [2.24, 2.45) is 0 Å². The van der Waals surface area contributed by atoms with E-state index in [0.717, 1.165) is 6.42 Å². The Morgan fingerprint density at radius 3 is 2.50 bits per heavy atom. The topological polar surface area (TPSA) is 9.23 Å². The van der Waals surface area contributed by atoms with E-state index in [2.05, 4.69) is 6.92 Å². The molecule has 10 heavy (non-hydrogen) atoms. The molecule has 0 rings (SSSR count). The van der Waals surface area contributed by atoms with Crippen LogP contribution in [-0.2, 0) is 4.74 Å². The molecule has 0 aliphatic carbocycles. The van der Waals surface area contributed by atoms with Crippen molar-refractivity contribution < 1.29 is 4.74 Å². The summed E-state index contributed by atoms with van der Waals surface area (Å²) >= 11 is 0. The van der Waals surface area contributed by atoms with E-state index in [4.69, 9.17) is 4.74 Å². The molecule has 0 amide bonds. The maximum atomic E-state index is 5.17. The van der Waals surface area contributed by atoms with E-state index in [-0.39, 0.29) is 0 Å². The smallest absolute Gasteiger partial charge is 0.0651 e. The molecule has 0 spiro atoms. The van der Waals surface area contributed by atoms with Crippen LogP contribution in [0.5, 0.6) is 0 Å². The molecule has 0 atom stereocenters. The molecule has 0 aromatic heterocycles. The molecule has 0 heterocycles. The zero-order valence-electron chi connectivity index (χ0n) is 6.55. The average Bonchev–Trinajstić information content (AvgIpc) is 1.97. The van der Waals surface area contributed by atoms with Crippen LogP contribution >= 0.6 is 0 Å². The molecule has 0 N–H and O–H groups in total. The van der Waals surface area contributed by atoms with Gasteiger partial charge in [0.15, 0.2) is 0 Å². The number of rotatable bonds is 5. The van der Waals surface area contributed by atoms with Gasteiger partial charge in [0, 0.05) is 0 Å². The Morgan fingerprint density at radius 1 is 1.20 bits per heavy atom. The highest BCUT2D eigenvalue weighted by Gasteiger charge is 1.75. The van der Waals surface area contributed by atoms with E-state index in [1.165, 1.54) is 0 Å². The van der Waals surface area contributed by atoms with E-state index < -0.39 is 0 Å². The molecule has 0 unspecified atom stereocenters. The van der Waals surface area contributed by atoms with Crippen LogP contribution in [0.15, 0.2) is 24.3 Å². The lowest BCUT2D eigenvalue weighted by Crippen LogP contribution is -1.89. The Morgan fingerprint density at radius 2 is 1.90 bits per heavy atom. The summed E-state index contributed by atoms with van der Waals surface area (Å²) in [5.41, 5.74) is 0. The van der Waals surface area contributed by atoms with Crippen molar-refractivity contribution >= 4 is 0 Å². The Balaban J connectivity index is 2.97. The number of ether oxygens (including phenoxy) is 1. The first-order valence-corrected chi connectivity index (χ1v) is 3.55. The monoisotopic (exact) mass is 139 g/mol. The quantitative estimate of drug-likeness (QED) is 0.419. The third kappa shape index (κ3) is 7.44. The molecule has 0 saturated carbocycles. The van der Waals surface area contributed by atoms with Crippen molar-refractivity contribution in [1.29, 1.82) is 0 Å². The predicted molar refractivity (Wildman–Crippen MR) is 44.7 cm³/mol. The molecule has 0 aliphatic heterocycles. The minimum absolute atomic E-state index is 0.694. The van der Waals surface area contributed by atoms with Crippen LogP contribution in [0.3, 0.4) is 0 Å². The van der Waals surface area contributed by atoms with E-state index in [1.54, 1.807) is 0 Å². The van der Waals surface area contributed by atoms with E-state index in [9.17, 15) is 0 Å².